The molecule has 0 atom stereocenters. The average molecular weight is 223 g/mol. The Hall–Kier alpha value is -1.78. The van der Waals surface area contributed by atoms with Crippen LogP contribution in [0.5, 0.6) is 0 Å². The number of rotatable bonds is 5. The van der Waals surface area contributed by atoms with E-state index in [0.717, 1.165) is 5.69 Å². The van der Waals surface area contributed by atoms with Crippen molar-refractivity contribution >= 4 is 17.5 Å². The van der Waals surface area contributed by atoms with E-state index in [1.54, 1.807) is 19.2 Å². The van der Waals surface area contributed by atoms with E-state index in [-0.39, 0.29) is 12.5 Å². The fourth-order valence-corrected chi connectivity index (χ4v) is 1.38. The lowest BCUT2D eigenvalue weighted by molar-refractivity contribution is -0.141. The lowest BCUT2D eigenvalue weighted by Gasteiger charge is -2.21. The summed E-state index contributed by atoms with van der Waals surface area (Å²) in [4.78, 5) is 17.2. The van der Waals surface area contributed by atoms with Crippen LogP contribution in [-0.4, -0.2) is 30.6 Å². The first-order chi connectivity index (χ1) is 7.67. The summed E-state index contributed by atoms with van der Waals surface area (Å²) < 4.78 is 4.90. The van der Waals surface area contributed by atoms with Crippen molar-refractivity contribution in [3.05, 3.63) is 18.3 Å². The molecule has 0 aromatic carbocycles. The molecule has 5 nitrogen and oxygen atoms in total. The summed E-state index contributed by atoms with van der Waals surface area (Å²) in [5, 5.41) is 0. The molecule has 0 amide bonds. The zero-order chi connectivity index (χ0) is 12.0. The lowest BCUT2D eigenvalue weighted by Crippen LogP contribution is -2.30. The minimum absolute atomic E-state index is 0.230. The van der Waals surface area contributed by atoms with Crippen molar-refractivity contribution in [2.75, 3.05) is 30.3 Å². The van der Waals surface area contributed by atoms with Crippen molar-refractivity contribution in [1.82, 2.24) is 4.98 Å². The van der Waals surface area contributed by atoms with Crippen molar-refractivity contribution in [2.45, 2.75) is 13.8 Å². The van der Waals surface area contributed by atoms with E-state index in [4.69, 9.17) is 10.5 Å². The van der Waals surface area contributed by atoms with Crippen molar-refractivity contribution in [1.29, 1.82) is 0 Å². The third-order valence-corrected chi connectivity index (χ3v) is 2.14. The molecule has 2 N–H and O–H groups in total. The van der Waals surface area contributed by atoms with Gasteiger partial charge in [0, 0.05) is 24.5 Å². The number of nitrogen functional groups attached to an aromatic ring is 1. The van der Waals surface area contributed by atoms with Gasteiger partial charge < -0.3 is 15.4 Å². The number of ether oxygens (including phenoxy) is 1. The summed E-state index contributed by atoms with van der Waals surface area (Å²) >= 11 is 0. The number of likely N-dealkylation sites (N-methyl/N-ethyl adjacent to an activating group) is 1. The maximum Gasteiger partial charge on any atom is 0.325 e. The third-order valence-electron chi connectivity index (χ3n) is 2.14. The van der Waals surface area contributed by atoms with Crippen LogP contribution < -0.4 is 10.6 Å². The zero-order valence-electron chi connectivity index (χ0n) is 9.64. The van der Waals surface area contributed by atoms with Crippen LogP contribution in [0.25, 0.3) is 0 Å². The monoisotopic (exact) mass is 223 g/mol. The number of carbonyl (C=O) groups excluding carboxylic acids is 1. The second kappa shape index (κ2) is 5.95. The van der Waals surface area contributed by atoms with Gasteiger partial charge in [-0.1, -0.05) is 0 Å². The number of carbonyl (C=O) groups is 1. The minimum atomic E-state index is -0.236. The van der Waals surface area contributed by atoms with Crippen molar-refractivity contribution < 1.29 is 9.53 Å². The summed E-state index contributed by atoms with van der Waals surface area (Å²) in [6.45, 7) is 5.10. The van der Waals surface area contributed by atoms with Crippen LogP contribution in [0.1, 0.15) is 13.8 Å². The van der Waals surface area contributed by atoms with E-state index in [2.05, 4.69) is 4.98 Å². The highest BCUT2D eigenvalue weighted by atomic mass is 16.5. The maximum atomic E-state index is 11.4. The number of aromatic nitrogens is 1. The predicted octanol–water partition coefficient (Wildman–Crippen LogP) is 1.05. The number of nitrogens with two attached hydrogens (primary N) is 1. The van der Waals surface area contributed by atoms with Crippen molar-refractivity contribution in [3.63, 3.8) is 0 Å². The van der Waals surface area contributed by atoms with Crippen LogP contribution >= 0.6 is 0 Å². The second-order valence-corrected chi connectivity index (χ2v) is 3.26. The SMILES string of the molecule is CCOC(=O)CN(CC)c1ccnc(N)c1. The summed E-state index contributed by atoms with van der Waals surface area (Å²) in [7, 11) is 0. The maximum absolute atomic E-state index is 11.4. The van der Waals surface area contributed by atoms with Gasteiger partial charge in [-0.2, -0.15) is 0 Å². The van der Waals surface area contributed by atoms with Crippen molar-refractivity contribution in [3.8, 4) is 0 Å². The molecule has 0 aliphatic rings. The molecule has 0 fully saturated rings. The number of hydrogen-bond acceptors (Lipinski definition) is 5. The molecular formula is C11H17N3O2. The van der Waals surface area contributed by atoms with Crippen LogP contribution in [0.15, 0.2) is 18.3 Å². The second-order valence-electron chi connectivity index (χ2n) is 3.26. The van der Waals surface area contributed by atoms with Gasteiger partial charge in [-0.3, -0.25) is 4.79 Å². The average Bonchev–Trinajstić information content (AvgIpc) is 2.26. The predicted molar refractivity (Wildman–Crippen MR) is 63.2 cm³/mol. The molecule has 5 heteroatoms. The van der Waals surface area contributed by atoms with Crippen LogP contribution in [-0.2, 0) is 9.53 Å². The Balaban J connectivity index is 2.70. The molecule has 0 aliphatic carbocycles. The van der Waals surface area contributed by atoms with E-state index < -0.39 is 0 Å². The Labute approximate surface area is 95.2 Å². The van der Waals surface area contributed by atoms with Crippen LogP contribution in [0.2, 0.25) is 0 Å². The molecule has 0 aliphatic heterocycles. The summed E-state index contributed by atoms with van der Waals surface area (Å²) in [5.74, 6) is 0.208. The number of esters is 1. The quantitative estimate of drug-likeness (QED) is 0.756. The fraction of sp³-hybridized carbons (Fsp3) is 0.455. The summed E-state index contributed by atoms with van der Waals surface area (Å²) in [6, 6.07) is 3.56. The molecule has 88 valence electrons. The van der Waals surface area contributed by atoms with Gasteiger partial charge in [0.2, 0.25) is 0 Å². The molecule has 0 unspecified atom stereocenters. The van der Waals surface area contributed by atoms with E-state index >= 15 is 0 Å². The number of pyridine rings is 1. The van der Waals surface area contributed by atoms with Crippen molar-refractivity contribution in [2.24, 2.45) is 0 Å². The molecule has 0 saturated heterocycles. The molecule has 1 aromatic heterocycles. The van der Waals surface area contributed by atoms with Gasteiger partial charge in [0.15, 0.2) is 0 Å². The smallest absolute Gasteiger partial charge is 0.325 e. The molecule has 0 bridgehead atoms. The molecule has 16 heavy (non-hydrogen) atoms. The number of hydrogen-bond donors (Lipinski definition) is 1. The lowest BCUT2D eigenvalue weighted by atomic mass is 10.3. The van der Waals surface area contributed by atoms with Crippen LogP contribution in [0.3, 0.4) is 0 Å². The van der Waals surface area contributed by atoms with E-state index in [1.165, 1.54) is 0 Å². The van der Waals surface area contributed by atoms with Gasteiger partial charge in [0.1, 0.15) is 12.4 Å². The molecule has 0 spiro atoms. The Morgan fingerprint density at radius 1 is 1.56 bits per heavy atom. The molecule has 1 rings (SSSR count). The molecule has 0 saturated carbocycles. The molecular weight excluding hydrogens is 206 g/mol. The van der Waals surface area contributed by atoms with E-state index in [9.17, 15) is 4.79 Å². The highest BCUT2D eigenvalue weighted by Crippen LogP contribution is 2.15. The largest absolute Gasteiger partial charge is 0.465 e. The van der Waals surface area contributed by atoms with Gasteiger partial charge in [-0.05, 0) is 19.9 Å². The summed E-state index contributed by atoms with van der Waals surface area (Å²) in [5.41, 5.74) is 6.46. The Morgan fingerprint density at radius 3 is 2.88 bits per heavy atom. The fourth-order valence-electron chi connectivity index (χ4n) is 1.38. The van der Waals surface area contributed by atoms with Crippen LogP contribution in [0.4, 0.5) is 11.5 Å². The summed E-state index contributed by atoms with van der Waals surface area (Å²) in [6.07, 6.45) is 1.62. The van der Waals surface area contributed by atoms with Gasteiger partial charge in [0.25, 0.3) is 0 Å². The first-order valence-electron chi connectivity index (χ1n) is 5.29. The van der Waals surface area contributed by atoms with Gasteiger partial charge in [0.05, 0.1) is 6.61 Å². The highest BCUT2D eigenvalue weighted by Gasteiger charge is 2.10. The Bertz CT molecular complexity index is 355. The van der Waals surface area contributed by atoms with Gasteiger partial charge in [-0.25, -0.2) is 4.98 Å². The topological polar surface area (TPSA) is 68.5 Å². The first-order valence-corrected chi connectivity index (χ1v) is 5.29. The molecule has 1 heterocycles. The normalized spacial score (nSPS) is 9.88. The minimum Gasteiger partial charge on any atom is -0.465 e. The number of nitrogens with zero attached hydrogens (tertiary/aromatic N) is 2. The number of anilines is 2. The molecule has 1 aromatic rings. The van der Waals surface area contributed by atoms with Gasteiger partial charge >= 0.3 is 5.97 Å². The Kier molecular flexibility index (Phi) is 4.57. The zero-order valence-corrected chi connectivity index (χ0v) is 9.64. The van der Waals surface area contributed by atoms with E-state index in [1.807, 2.05) is 17.9 Å². The Morgan fingerprint density at radius 2 is 2.31 bits per heavy atom. The highest BCUT2D eigenvalue weighted by molar-refractivity contribution is 5.76. The van der Waals surface area contributed by atoms with E-state index in [0.29, 0.717) is 19.0 Å². The first kappa shape index (κ1) is 12.3. The molecule has 0 radical (unpaired) electrons. The van der Waals surface area contributed by atoms with Crippen LogP contribution in [0, 0.1) is 0 Å². The third kappa shape index (κ3) is 3.42. The van der Waals surface area contributed by atoms with Gasteiger partial charge in [-0.15, -0.1) is 0 Å². The standard InChI is InChI=1S/C11H17N3O2/c1-3-14(8-11(15)16-4-2)9-5-6-13-10(12)7-9/h5-7H,3-4,8H2,1-2H3,(H2,12,13).